The fourth-order valence-electron chi connectivity index (χ4n) is 1.97. The molecule has 2 aromatic rings. The third-order valence-electron chi connectivity index (χ3n) is 3.14. The zero-order valence-corrected chi connectivity index (χ0v) is 12.7. The molecule has 2 N–H and O–H groups in total. The van der Waals surface area contributed by atoms with E-state index in [1.807, 2.05) is 24.3 Å². The number of halogens is 1. The SMILES string of the molecule is CC(CO)(NC(=O)Cc1ccoc1)c1cccc(Br)c1. The number of rotatable bonds is 5. The summed E-state index contributed by atoms with van der Waals surface area (Å²) in [7, 11) is 0. The maximum atomic E-state index is 12.1. The molecule has 1 amide bonds. The molecule has 0 aliphatic carbocycles. The van der Waals surface area contributed by atoms with Crippen LogP contribution in [0.4, 0.5) is 0 Å². The van der Waals surface area contributed by atoms with Gasteiger partial charge in [0.05, 0.1) is 31.1 Å². The highest BCUT2D eigenvalue weighted by Crippen LogP contribution is 2.23. The van der Waals surface area contributed by atoms with Gasteiger partial charge < -0.3 is 14.8 Å². The van der Waals surface area contributed by atoms with E-state index in [0.29, 0.717) is 0 Å². The monoisotopic (exact) mass is 337 g/mol. The van der Waals surface area contributed by atoms with Gasteiger partial charge in [-0.1, -0.05) is 28.1 Å². The number of amides is 1. The number of carbonyl (C=O) groups is 1. The summed E-state index contributed by atoms with van der Waals surface area (Å²) >= 11 is 3.39. The molecule has 1 atom stereocenters. The van der Waals surface area contributed by atoms with Crippen LogP contribution in [-0.2, 0) is 16.8 Å². The highest BCUT2D eigenvalue weighted by molar-refractivity contribution is 9.10. The number of nitrogens with one attached hydrogen (secondary N) is 1. The lowest BCUT2D eigenvalue weighted by Crippen LogP contribution is -2.46. The Hall–Kier alpha value is -1.59. The van der Waals surface area contributed by atoms with Gasteiger partial charge in [-0.2, -0.15) is 0 Å². The number of furan rings is 1. The molecular formula is C15H16BrNO3. The number of aliphatic hydroxyl groups is 1. The molecule has 5 heteroatoms. The van der Waals surface area contributed by atoms with E-state index in [0.717, 1.165) is 15.6 Å². The Balaban J connectivity index is 2.13. The number of hydrogen-bond donors (Lipinski definition) is 2. The lowest BCUT2D eigenvalue weighted by Gasteiger charge is -2.29. The molecule has 4 nitrogen and oxygen atoms in total. The molecule has 0 saturated carbocycles. The first-order chi connectivity index (χ1) is 9.53. The second-order valence-electron chi connectivity index (χ2n) is 4.86. The average Bonchev–Trinajstić information content (AvgIpc) is 2.91. The van der Waals surface area contributed by atoms with Gasteiger partial charge in [0.1, 0.15) is 0 Å². The van der Waals surface area contributed by atoms with E-state index in [4.69, 9.17) is 4.42 Å². The molecule has 106 valence electrons. The summed E-state index contributed by atoms with van der Waals surface area (Å²) in [6.07, 6.45) is 3.29. The zero-order valence-electron chi connectivity index (χ0n) is 11.1. The minimum Gasteiger partial charge on any atom is -0.472 e. The van der Waals surface area contributed by atoms with Crippen molar-refractivity contribution in [2.24, 2.45) is 0 Å². The Morgan fingerprint density at radius 1 is 1.45 bits per heavy atom. The first-order valence-electron chi connectivity index (χ1n) is 6.22. The Kier molecular flexibility index (Phi) is 4.62. The number of carbonyl (C=O) groups excluding carboxylic acids is 1. The van der Waals surface area contributed by atoms with Crippen LogP contribution >= 0.6 is 15.9 Å². The molecule has 0 saturated heterocycles. The third-order valence-corrected chi connectivity index (χ3v) is 3.63. The minimum atomic E-state index is -0.815. The second-order valence-corrected chi connectivity index (χ2v) is 5.77. The largest absolute Gasteiger partial charge is 0.472 e. The molecule has 0 fully saturated rings. The van der Waals surface area contributed by atoms with Crippen molar-refractivity contribution in [3.05, 3.63) is 58.5 Å². The van der Waals surface area contributed by atoms with Crippen LogP contribution in [0, 0.1) is 0 Å². The van der Waals surface area contributed by atoms with Crippen LogP contribution in [0.15, 0.2) is 51.7 Å². The van der Waals surface area contributed by atoms with E-state index in [9.17, 15) is 9.90 Å². The predicted octanol–water partition coefficient (Wildman–Crippen LogP) is 2.61. The summed E-state index contributed by atoms with van der Waals surface area (Å²) in [5, 5.41) is 12.5. The number of benzene rings is 1. The summed E-state index contributed by atoms with van der Waals surface area (Å²) < 4.78 is 5.84. The van der Waals surface area contributed by atoms with Crippen LogP contribution in [0.1, 0.15) is 18.1 Å². The van der Waals surface area contributed by atoms with Crippen LogP contribution in [0.2, 0.25) is 0 Å². The summed E-state index contributed by atoms with van der Waals surface area (Å²) in [5.41, 5.74) is 0.830. The van der Waals surface area contributed by atoms with Gasteiger partial charge in [0.2, 0.25) is 5.91 Å². The molecule has 1 aromatic carbocycles. The van der Waals surface area contributed by atoms with Gasteiger partial charge in [-0.05, 0) is 36.2 Å². The van der Waals surface area contributed by atoms with E-state index in [1.165, 1.54) is 12.5 Å². The smallest absolute Gasteiger partial charge is 0.225 e. The molecule has 0 spiro atoms. The fourth-order valence-corrected chi connectivity index (χ4v) is 2.36. The highest BCUT2D eigenvalue weighted by atomic mass is 79.9. The fraction of sp³-hybridized carbons (Fsp3) is 0.267. The van der Waals surface area contributed by atoms with Crippen LogP contribution < -0.4 is 5.32 Å². The van der Waals surface area contributed by atoms with Crippen molar-refractivity contribution in [3.63, 3.8) is 0 Å². The standard InChI is InChI=1S/C15H16BrNO3/c1-15(10-18,12-3-2-4-13(16)8-12)17-14(19)7-11-5-6-20-9-11/h2-6,8-9,18H,7,10H2,1H3,(H,17,19). The molecule has 1 unspecified atom stereocenters. The van der Waals surface area contributed by atoms with E-state index >= 15 is 0 Å². The van der Waals surface area contributed by atoms with Gasteiger partial charge >= 0.3 is 0 Å². The van der Waals surface area contributed by atoms with Gasteiger partial charge in [-0.25, -0.2) is 0 Å². The first kappa shape index (κ1) is 14.8. The lowest BCUT2D eigenvalue weighted by molar-refractivity contribution is -0.122. The molecule has 20 heavy (non-hydrogen) atoms. The average molecular weight is 338 g/mol. The van der Waals surface area contributed by atoms with Gasteiger partial charge in [0, 0.05) is 4.47 Å². The van der Waals surface area contributed by atoms with Crippen molar-refractivity contribution in [2.75, 3.05) is 6.61 Å². The second kappa shape index (κ2) is 6.24. The minimum absolute atomic E-state index is 0.164. The van der Waals surface area contributed by atoms with Crippen LogP contribution in [0.5, 0.6) is 0 Å². The summed E-state index contributed by atoms with van der Waals surface area (Å²) in [5.74, 6) is -0.164. The van der Waals surface area contributed by atoms with Crippen molar-refractivity contribution in [1.82, 2.24) is 5.32 Å². The van der Waals surface area contributed by atoms with Gasteiger partial charge in [0.25, 0.3) is 0 Å². The predicted molar refractivity (Wildman–Crippen MR) is 79.1 cm³/mol. The van der Waals surface area contributed by atoms with Crippen molar-refractivity contribution < 1.29 is 14.3 Å². The molecule has 1 heterocycles. The van der Waals surface area contributed by atoms with Crippen molar-refractivity contribution >= 4 is 21.8 Å². The van der Waals surface area contributed by atoms with Crippen molar-refractivity contribution in [3.8, 4) is 0 Å². The van der Waals surface area contributed by atoms with Crippen molar-refractivity contribution in [2.45, 2.75) is 18.9 Å². The molecule has 0 radical (unpaired) electrons. The Morgan fingerprint density at radius 3 is 2.85 bits per heavy atom. The van der Waals surface area contributed by atoms with Crippen molar-refractivity contribution in [1.29, 1.82) is 0 Å². The molecular weight excluding hydrogens is 322 g/mol. The molecule has 0 aliphatic heterocycles. The quantitative estimate of drug-likeness (QED) is 0.881. The van der Waals surface area contributed by atoms with Gasteiger partial charge in [-0.3, -0.25) is 4.79 Å². The highest BCUT2D eigenvalue weighted by Gasteiger charge is 2.28. The van der Waals surface area contributed by atoms with E-state index in [1.54, 1.807) is 13.0 Å². The van der Waals surface area contributed by atoms with Gasteiger partial charge in [0.15, 0.2) is 0 Å². The molecule has 0 aliphatic rings. The maximum Gasteiger partial charge on any atom is 0.225 e. The van der Waals surface area contributed by atoms with Crippen LogP contribution in [-0.4, -0.2) is 17.6 Å². The Labute approximate surface area is 125 Å². The van der Waals surface area contributed by atoms with Crippen LogP contribution in [0.3, 0.4) is 0 Å². The third kappa shape index (κ3) is 3.49. The zero-order chi connectivity index (χ0) is 14.6. The van der Waals surface area contributed by atoms with Crippen LogP contribution in [0.25, 0.3) is 0 Å². The molecule has 0 bridgehead atoms. The normalized spacial score (nSPS) is 13.8. The summed E-state index contributed by atoms with van der Waals surface area (Å²) in [6.45, 7) is 1.61. The van der Waals surface area contributed by atoms with Gasteiger partial charge in [-0.15, -0.1) is 0 Å². The summed E-state index contributed by atoms with van der Waals surface area (Å²) in [4.78, 5) is 12.1. The Bertz CT molecular complexity index is 583. The van der Waals surface area contributed by atoms with E-state index in [2.05, 4.69) is 21.2 Å². The lowest BCUT2D eigenvalue weighted by atomic mass is 9.92. The number of hydrogen-bond acceptors (Lipinski definition) is 3. The van der Waals surface area contributed by atoms with E-state index in [-0.39, 0.29) is 18.9 Å². The summed E-state index contributed by atoms with van der Waals surface area (Å²) in [6, 6.07) is 9.27. The topological polar surface area (TPSA) is 62.5 Å². The maximum absolute atomic E-state index is 12.1. The Morgan fingerprint density at radius 2 is 2.25 bits per heavy atom. The van der Waals surface area contributed by atoms with E-state index < -0.39 is 5.54 Å². The molecule has 2 rings (SSSR count). The number of aliphatic hydroxyl groups excluding tert-OH is 1. The first-order valence-corrected chi connectivity index (χ1v) is 7.02. The molecule has 1 aromatic heterocycles.